The lowest BCUT2D eigenvalue weighted by molar-refractivity contribution is 0.340. The minimum Gasteiger partial charge on any atom is -0.494 e. The molecular formula is C18H20N2O2. The zero-order valence-corrected chi connectivity index (χ0v) is 12.9. The predicted molar refractivity (Wildman–Crippen MR) is 90.4 cm³/mol. The summed E-state index contributed by atoms with van der Waals surface area (Å²) in [6, 6.07) is 15.5. The molecule has 0 aliphatic carbocycles. The Labute approximate surface area is 131 Å². The average Bonchev–Trinajstić information content (AvgIpc) is 2.53. The molecule has 0 aliphatic rings. The van der Waals surface area contributed by atoms with E-state index in [-0.39, 0.29) is 0 Å². The molecule has 0 unspecified atom stereocenters. The van der Waals surface area contributed by atoms with E-state index in [1.807, 2.05) is 62.4 Å². The Morgan fingerprint density at radius 3 is 1.64 bits per heavy atom. The average molecular weight is 296 g/mol. The number of benzene rings is 2. The molecule has 0 spiro atoms. The maximum atomic E-state index is 5.44. The largest absolute Gasteiger partial charge is 0.494 e. The zero-order valence-electron chi connectivity index (χ0n) is 12.9. The van der Waals surface area contributed by atoms with E-state index in [4.69, 9.17) is 9.47 Å². The van der Waals surface area contributed by atoms with Gasteiger partial charge in [-0.15, -0.1) is 0 Å². The first-order valence-electron chi connectivity index (χ1n) is 7.34. The molecule has 0 saturated heterocycles. The topological polar surface area (TPSA) is 43.2 Å². The van der Waals surface area contributed by atoms with Crippen LogP contribution in [0, 0.1) is 0 Å². The van der Waals surface area contributed by atoms with E-state index in [0.717, 1.165) is 22.6 Å². The molecule has 22 heavy (non-hydrogen) atoms. The van der Waals surface area contributed by atoms with Crippen LogP contribution in [0.2, 0.25) is 0 Å². The van der Waals surface area contributed by atoms with E-state index in [1.54, 1.807) is 12.4 Å². The summed E-state index contributed by atoms with van der Waals surface area (Å²) in [4.78, 5) is 0. The van der Waals surface area contributed by atoms with Crippen molar-refractivity contribution in [3.8, 4) is 11.5 Å². The molecule has 0 atom stereocenters. The standard InChI is InChI=1S/C18H20N2O2/c1-3-21-17-9-5-7-15(11-17)13-19-20-14-16-8-6-10-18(12-16)22-4-2/h5-14H,3-4H2,1-2H3/b19-13+,20-14+. The third-order valence-electron chi connectivity index (χ3n) is 2.82. The van der Waals surface area contributed by atoms with Crippen LogP contribution >= 0.6 is 0 Å². The highest BCUT2D eigenvalue weighted by Gasteiger charge is 1.94. The predicted octanol–water partition coefficient (Wildman–Crippen LogP) is 3.94. The van der Waals surface area contributed by atoms with Crippen LogP contribution in [-0.4, -0.2) is 25.6 Å². The number of hydrogen-bond acceptors (Lipinski definition) is 4. The zero-order chi connectivity index (χ0) is 15.6. The summed E-state index contributed by atoms with van der Waals surface area (Å²) in [5, 5.41) is 8.12. The number of rotatable bonds is 7. The Morgan fingerprint density at radius 1 is 0.773 bits per heavy atom. The molecule has 0 N–H and O–H groups in total. The van der Waals surface area contributed by atoms with Crippen LogP contribution in [0.4, 0.5) is 0 Å². The van der Waals surface area contributed by atoms with Crippen molar-refractivity contribution in [3.63, 3.8) is 0 Å². The summed E-state index contributed by atoms with van der Waals surface area (Å²) in [7, 11) is 0. The second kappa shape index (κ2) is 8.62. The number of hydrogen-bond donors (Lipinski definition) is 0. The Balaban J connectivity index is 1.99. The Morgan fingerprint density at radius 2 is 1.23 bits per heavy atom. The van der Waals surface area contributed by atoms with Crippen LogP contribution in [0.5, 0.6) is 11.5 Å². The Kier molecular flexibility index (Phi) is 6.18. The molecular weight excluding hydrogens is 276 g/mol. The first kappa shape index (κ1) is 15.8. The van der Waals surface area contributed by atoms with Crippen molar-refractivity contribution < 1.29 is 9.47 Å². The van der Waals surface area contributed by atoms with Gasteiger partial charge in [-0.1, -0.05) is 24.3 Å². The molecule has 0 radical (unpaired) electrons. The molecule has 114 valence electrons. The first-order valence-corrected chi connectivity index (χ1v) is 7.34. The van der Waals surface area contributed by atoms with Crippen molar-refractivity contribution in [2.24, 2.45) is 10.2 Å². The molecule has 2 aromatic carbocycles. The molecule has 4 nitrogen and oxygen atoms in total. The Bertz CT molecular complexity index is 594. The van der Waals surface area contributed by atoms with Gasteiger partial charge in [-0.25, -0.2) is 0 Å². The number of ether oxygens (including phenoxy) is 2. The lowest BCUT2D eigenvalue weighted by Crippen LogP contribution is -1.92. The molecule has 0 amide bonds. The SMILES string of the molecule is CCOc1cccc(/C=N/N=C/c2cccc(OCC)c2)c1. The summed E-state index contributed by atoms with van der Waals surface area (Å²) >= 11 is 0. The fourth-order valence-electron chi connectivity index (χ4n) is 1.90. The third-order valence-corrected chi connectivity index (χ3v) is 2.82. The van der Waals surface area contributed by atoms with Gasteiger partial charge < -0.3 is 9.47 Å². The van der Waals surface area contributed by atoms with Crippen LogP contribution in [-0.2, 0) is 0 Å². The van der Waals surface area contributed by atoms with Gasteiger partial charge in [-0.2, -0.15) is 10.2 Å². The molecule has 0 fully saturated rings. The summed E-state index contributed by atoms with van der Waals surface area (Å²) in [6.45, 7) is 5.21. The molecule has 0 heterocycles. The minimum atomic E-state index is 0.648. The molecule has 2 aromatic rings. The third kappa shape index (κ3) is 5.05. The van der Waals surface area contributed by atoms with Crippen LogP contribution in [0.25, 0.3) is 0 Å². The van der Waals surface area contributed by atoms with Crippen molar-refractivity contribution in [1.82, 2.24) is 0 Å². The summed E-state index contributed by atoms with van der Waals surface area (Å²) in [5.74, 6) is 1.67. The van der Waals surface area contributed by atoms with Gasteiger partial charge in [0.2, 0.25) is 0 Å². The summed E-state index contributed by atoms with van der Waals surface area (Å²) < 4.78 is 10.9. The molecule has 2 rings (SSSR count). The molecule has 0 aliphatic heterocycles. The van der Waals surface area contributed by atoms with Crippen LogP contribution in [0.1, 0.15) is 25.0 Å². The highest BCUT2D eigenvalue weighted by atomic mass is 16.5. The molecule has 0 saturated carbocycles. The normalized spacial score (nSPS) is 11.2. The smallest absolute Gasteiger partial charge is 0.119 e. The quantitative estimate of drug-likeness (QED) is 0.574. The summed E-state index contributed by atoms with van der Waals surface area (Å²) in [6.07, 6.45) is 3.40. The van der Waals surface area contributed by atoms with E-state index in [1.165, 1.54) is 0 Å². The maximum Gasteiger partial charge on any atom is 0.119 e. The van der Waals surface area contributed by atoms with E-state index in [2.05, 4.69) is 10.2 Å². The van der Waals surface area contributed by atoms with Gasteiger partial charge in [0.15, 0.2) is 0 Å². The van der Waals surface area contributed by atoms with Gasteiger partial charge in [0.25, 0.3) is 0 Å². The fourth-order valence-corrected chi connectivity index (χ4v) is 1.90. The second-order valence-corrected chi connectivity index (χ2v) is 4.50. The fraction of sp³-hybridized carbons (Fsp3) is 0.222. The highest BCUT2D eigenvalue weighted by molar-refractivity contribution is 5.83. The van der Waals surface area contributed by atoms with Crippen molar-refractivity contribution in [2.45, 2.75) is 13.8 Å². The Hall–Kier alpha value is -2.62. The maximum absolute atomic E-state index is 5.44. The lowest BCUT2D eigenvalue weighted by Gasteiger charge is -2.02. The summed E-state index contributed by atoms with van der Waals surface area (Å²) in [5.41, 5.74) is 1.90. The van der Waals surface area contributed by atoms with E-state index in [9.17, 15) is 0 Å². The van der Waals surface area contributed by atoms with Crippen molar-refractivity contribution in [3.05, 3.63) is 59.7 Å². The lowest BCUT2D eigenvalue weighted by atomic mass is 10.2. The number of nitrogens with zero attached hydrogens (tertiary/aromatic N) is 2. The van der Waals surface area contributed by atoms with Gasteiger partial charge in [0, 0.05) is 0 Å². The minimum absolute atomic E-state index is 0.648. The van der Waals surface area contributed by atoms with Crippen LogP contribution in [0.15, 0.2) is 58.7 Å². The van der Waals surface area contributed by atoms with Crippen molar-refractivity contribution in [2.75, 3.05) is 13.2 Å². The van der Waals surface area contributed by atoms with Gasteiger partial charge in [0.05, 0.1) is 25.6 Å². The van der Waals surface area contributed by atoms with Gasteiger partial charge in [-0.3, -0.25) is 0 Å². The second-order valence-electron chi connectivity index (χ2n) is 4.50. The molecule has 4 heteroatoms. The van der Waals surface area contributed by atoms with Crippen LogP contribution < -0.4 is 9.47 Å². The van der Waals surface area contributed by atoms with Crippen molar-refractivity contribution >= 4 is 12.4 Å². The van der Waals surface area contributed by atoms with Gasteiger partial charge >= 0.3 is 0 Å². The van der Waals surface area contributed by atoms with E-state index < -0.39 is 0 Å². The first-order chi connectivity index (χ1) is 10.8. The van der Waals surface area contributed by atoms with Crippen LogP contribution in [0.3, 0.4) is 0 Å². The highest BCUT2D eigenvalue weighted by Crippen LogP contribution is 2.13. The van der Waals surface area contributed by atoms with Gasteiger partial charge in [0.1, 0.15) is 11.5 Å². The van der Waals surface area contributed by atoms with Crippen molar-refractivity contribution in [1.29, 1.82) is 0 Å². The monoisotopic (exact) mass is 296 g/mol. The molecule has 0 aromatic heterocycles. The van der Waals surface area contributed by atoms with Gasteiger partial charge in [-0.05, 0) is 49.2 Å². The molecule has 0 bridgehead atoms. The van der Waals surface area contributed by atoms with E-state index >= 15 is 0 Å². The van der Waals surface area contributed by atoms with E-state index in [0.29, 0.717) is 13.2 Å².